The van der Waals surface area contributed by atoms with Crippen molar-refractivity contribution in [2.75, 3.05) is 7.11 Å². The highest BCUT2D eigenvalue weighted by molar-refractivity contribution is 7.97. The van der Waals surface area contributed by atoms with E-state index >= 15 is 0 Å². The predicted molar refractivity (Wildman–Crippen MR) is 80.7 cm³/mol. The van der Waals surface area contributed by atoms with Crippen molar-refractivity contribution in [2.45, 2.75) is 4.90 Å². The normalized spacial score (nSPS) is 10.2. The topological polar surface area (TPSA) is 55.6 Å². The molecule has 0 aliphatic carbocycles. The highest BCUT2D eigenvalue weighted by atomic mass is 35.5. The van der Waals surface area contributed by atoms with Crippen LogP contribution in [-0.2, 0) is 0 Å². The zero-order valence-electron chi connectivity index (χ0n) is 10.7. The number of halogens is 1. The van der Waals surface area contributed by atoms with Crippen molar-refractivity contribution < 1.29 is 9.53 Å². The maximum absolute atomic E-state index is 12.1. The number of methoxy groups -OCH3 is 1. The van der Waals surface area contributed by atoms with E-state index in [1.807, 2.05) is 24.3 Å². The summed E-state index contributed by atoms with van der Waals surface area (Å²) < 4.78 is 6.16. The van der Waals surface area contributed by atoms with E-state index in [0.29, 0.717) is 10.6 Å². The van der Waals surface area contributed by atoms with E-state index in [1.165, 1.54) is 0 Å². The van der Waals surface area contributed by atoms with Gasteiger partial charge in [0, 0.05) is 27.4 Å². The first-order chi connectivity index (χ1) is 9.60. The van der Waals surface area contributed by atoms with Crippen LogP contribution in [0.1, 0.15) is 10.4 Å². The molecule has 104 valence electrons. The molecule has 2 aromatic carbocycles. The average Bonchev–Trinajstić information content (AvgIpc) is 2.48. The number of hydrazine groups is 1. The van der Waals surface area contributed by atoms with Crippen LogP contribution in [-0.4, -0.2) is 17.4 Å². The van der Waals surface area contributed by atoms with Gasteiger partial charge in [-0.3, -0.25) is 4.79 Å². The van der Waals surface area contributed by atoms with Crippen LogP contribution >= 0.6 is 23.5 Å². The molecule has 0 heterocycles. The van der Waals surface area contributed by atoms with E-state index in [4.69, 9.17) is 22.2 Å². The van der Waals surface area contributed by atoms with Crippen LogP contribution in [0.15, 0.2) is 53.4 Å². The minimum Gasteiger partial charge on any atom is -0.497 e. The van der Waals surface area contributed by atoms with Gasteiger partial charge in [-0.2, -0.15) is 0 Å². The number of ether oxygens (including phenoxy) is 1. The maximum Gasteiger partial charge on any atom is 0.278 e. The summed E-state index contributed by atoms with van der Waals surface area (Å²) in [6, 6.07) is 13.9. The van der Waals surface area contributed by atoms with Crippen molar-refractivity contribution in [3.8, 4) is 5.75 Å². The summed E-state index contributed by atoms with van der Waals surface area (Å²) in [7, 11) is 1.60. The third kappa shape index (κ3) is 3.66. The Hall–Kier alpha value is -1.69. The Labute approximate surface area is 126 Å². The summed E-state index contributed by atoms with van der Waals surface area (Å²) in [5.41, 5.74) is 0.484. The van der Waals surface area contributed by atoms with E-state index in [1.54, 1.807) is 31.4 Å². The van der Waals surface area contributed by atoms with Crippen LogP contribution in [0.2, 0.25) is 5.02 Å². The van der Waals surface area contributed by atoms with Crippen LogP contribution in [0.4, 0.5) is 0 Å². The molecule has 2 aromatic rings. The molecule has 4 nitrogen and oxygen atoms in total. The van der Waals surface area contributed by atoms with E-state index in [-0.39, 0.29) is 5.91 Å². The summed E-state index contributed by atoms with van der Waals surface area (Å²) in [5.74, 6) is 6.23. The second-order valence-corrected chi connectivity index (χ2v) is 5.39. The molecule has 6 heteroatoms. The molecule has 0 aliphatic rings. The number of hydrogen-bond acceptors (Lipinski definition) is 4. The van der Waals surface area contributed by atoms with Gasteiger partial charge in [0.25, 0.3) is 5.91 Å². The molecule has 0 unspecified atom stereocenters. The van der Waals surface area contributed by atoms with Gasteiger partial charge in [0.1, 0.15) is 5.75 Å². The fourth-order valence-electron chi connectivity index (χ4n) is 1.51. The van der Waals surface area contributed by atoms with Gasteiger partial charge in [0.05, 0.1) is 7.11 Å². The fraction of sp³-hybridized carbons (Fsp3) is 0.0714. The van der Waals surface area contributed by atoms with E-state index in [9.17, 15) is 4.79 Å². The van der Waals surface area contributed by atoms with Gasteiger partial charge in [-0.15, -0.1) is 0 Å². The SMILES string of the molecule is COc1ccc(SN(N)C(=O)c2ccc(Cl)cc2)cc1. The molecule has 2 rings (SSSR count). The standard InChI is InChI=1S/C14H13ClN2O2S/c1-19-12-6-8-13(9-7-12)20-17(16)14(18)10-2-4-11(15)5-3-10/h2-9H,16H2,1H3. The van der Waals surface area contributed by atoms with E-state index in [0.717, 1.165) is 27.0 Å². The van der Waals surface area contributed by atoms with E-state index < -0.39 is 0 Å². The Morgan fingerprint density at radius 2 is 1.75 bits per heavy atom. The van der Waals surface area contributed by atoms with Crippen LogP contribution in [0, 0.1) is 0 Å². The highest BCUT2D eigenvalue weighted by Gasteiger charge is 2.13. The third-order valence-corrected chi connectivity index (χ3v) is 3.65. The lowest BCUT2D eigenvalue weighted by Gasteiger charge is -2.15. The number of benzene rings is 2. The predicted octanol–water partition coefficient (Wildman–Crippen LogP) is 3.37. The summed E-state index contributed by atoms with van der Waals surface area (Å²) in [5, 5.41) is 0.577. The average molecular weight is 309 g/mol. The second kappa shape index (κ2) is 6.65. The number of carbonyl (C=O) groups excluding carboxylic acids is 1. The molecular weight excluding hydrogens is 296 g/mol. The Morgan fingerprint density at radius 1 is 1.15 bits per heavy atom. The Balaban J connectivity index is 2.04. The van der Waals surface area contributed by atoms with Crippen molar-refractivity contribution in [2.24, 2.45) is 5.84 Å². The molecule has 0 aromatic heterocycles. The summed E-state index contributed by atoms with van der Waals surface area (Å²) in [6.45, 7) is 0. The summed E-state index contributed by atoms with van der Waals surface area (Å²) >= 11 is 6.92. The van der Waals surface area contributed by atoms with Gasteiger partial charge < -0.3 is 4.74 Å². The van der Waals surface area contributed by atoms with Crippen molar-refractivity contribution in [3.63, 3.8) is 0 Å². The van der Waals surface area contributed by atoms with Gasteiger partial charge in [-0.1, -0.05) is 11.6 Å². The Morgan fingerprint density at radius 3 is 2.30 bits per heavy atom. The van der Waals surface area contributed by atoms with Crippen LogP contribution < -0.4 is 10.6 Å². The lowest BCUT2D eigenvalue weighted by molar-refractivity contribution is 0.0872. The number of nitrogens with two attached hydrogens (primary N) is 1. The van der Waals surface area contributed by atoms with Crippen LogP contribution in [0.25, 0.3) is 0 Å². The van der Waals surface area contributed by atoms with Gasteiger partial charge >= 0.3 is 0 Å². The largest absolute Gasteiger partial charge is 0.497 e. The van der Waals surface area contributed by atoms with Gasteiger partial charge in [0.2, 0.25) is 0 Å². The minimum absolute atomic E-state index is 0.289. The molecule has 0 fully saturated rings. The van der Waals surface area contributed by atoms with Crippen LogP contribution in [0.3, 0.4) is 0 Å². The van der Waals surface area contributed by atoms with Gasteiger partial charge in [-0.25, -0.2) is 10.3 Å². The fourth-order valence-corrected chi connectivity index (χ4v) is 2.31. The van der Waals surface area contributed by atoms with Crippen molar-refractivity contribution >= 4 is 29.5 Å². The summed E-state index contributed by atoms with van der Waals surface area (Å²) in [4.78, 5) is 12.9. The first kappa shape index (κ1) is 14.7. The zero-order valence-corrected chi connectivity index (χ0v) is 12.3. The monoisotopic (exact) mass is 308 g/mol. The molecule has 0 bridgehead atoms. The summed E-state index contributed by atoms with van der Waals surface area (Å²) in [6.07, 6.45) is 0. The molecule has 0 saturated carbocycles. The lowest BCUT2D eigenvalue weighted by atomic mass is 10.2. The molecule has 0 radical (unpaired) electrons. The maximum atomic E-state index is 12.1. The van der Waals surface area contributed by atoms with Crippen molar-refractivity contribution in [1.82, 2.24) is 4.41 Å². The van der Waals surface area contributed by atoms with Gasteiger partial charge in [0.15, 0.2) is 0 Å². The first-order valence-electron chi connectivity index (χ1n) is 5.77. The number of carbonyl (C=O) groups is 1. The number of hydrogen-bond donors (Lipinski definition) is 1. The zero-order chi connectivity index (χ0) is 14.5. The van der Waals surface area contributed by atoms with Crippen LogP contribution in [0.5, 0.6) is 5.75 Å². The van der Waals surface area contributed by atoms with E-state index in [2.05, 4.69) is 0 Å². The second-order valence-electron chi connectivity index (χ2n) is 3.90. The third-order valence-electron chi connectivity index (χ3n) is 2.55. The Kier molecular flexibility index (Phi) is 4.89. The molecule has 0 aliphatic heterocycles. The molecule has 1 amide bonds. The smallest absolute Gasteiger partial charge is 0.278 e. The minimum atomic E-state index is -0.289. The number of rotatable bonds is 4. The van der Waals surface area contributed by atoms with Gasteiger partial charge in [-0.05, 0) is 48.5 Å². The quantitative estimate of drug-likeness (QED) is 0.407. The van der Waals surface area contributed by atoms with Crippen molar-refractivity contribution in [1.29, 1.82) is 0 Å². The van der Waals surface area contributed by atoms with Crippen molar-refractivity contribution in [3.05, 3.63) is 59.1 Å². The number of nitrogens with zero attached hydrogens (tertiary/aromatic N) is 1. The molecule has 2 N–H and O–H groups in total. The lowest BCUT2D eigenvalue weighted by Crippen LogP contribution is -2.30. The Bertz CT molecular complexity index is 587. The molecular formula is C14H13ClN2O2S. The highest BCUT2D eigenvalue weighted by Crippen LogP contribution is 2.24. The molecule has 20 heavy (non-hydrogen) atoms. The first-order valence-corrected chi connectivity index (χ1v) is 6.92. The molecule has 0 spiro atoms. The molecule has 0 atom stereocenters. The number of amides is 1. The molecule has 0 saturated heterocycles.